The Morgan fingerprint density at radius 3 is 3.05 bits per heavy atom. The normalized spacial score (nSPS) is 28.6. The van der Waals surface area contributed by atoms with Gasteiger partial charge >= 0.3 is 0 Å². The highest BCUT2D eigenvalue weighted by atomic mass is 79.9. The third-order valence-corrected chi connectivity index (χ3v) is 5.13. The molecule has 1 amide bonds. The zero-order valence-electron chi connectivity index (χ0n) is 11.5. The van der Waals surface area contributed by atoms with Crippen molar-refractivity contribution in [2.75, 3.05) is 13.2 Å². The van der Waals surface area contributed by atoms with Gasteiger partial charge in [0.1, 0.15) is 18.3 Å². The lowest BCUT2D eigenvalue weighted by Crippen LogP contribution is -2.35. The summed E-state index contributed by atoms with van der Waals surface area (Å²) >= 11 is 3.69. The van der Waals surface area contributed by atoms with Crippen molar-refractivity contribution in [3.63, 3.8) is 0 Å². The summed E-state index contributed by atoms with van der Waals surface area (Å²) in [4.78, 5) is 12.9. The van der Waals surface area contributed by atoms with Gasteiger partial charge in [-0.25, -0.2) is 0 Å². The Bertz CT molecular complexity index is 491. The molecule has 3 nitrogen and oxygen atoms in total. The quantitative estimate of drug-likeness (QED) is 0.860. The molecule has 1 aromatic carbocycles. The molecule has 0 bridgehead atoms. The van der Waals surface area contributed by atoms with E-state index in [-0.39, 0.29) is 11.8 Å². The lowest BCUT2D eigenvalue weighted by Gasteiger charge is -2.26. The number of rotatable bonds is 3. The van der Waals surface area contributed by atoms with Gasteiger partial charge in [0.05, 0.1) is 0 Å². The predicted octanol–water partition coefficient (Wildman–Crippen LogP) is 3.23. The number of carbonyl (C=O) groups excluding carboxylic acids is 1. The van der Waals surface area contributed by atoms with Crippen LogP contribution in [0.3, 0.4) is 0 Å². The Morgan fingerprint density at radius 1 is 1.35 bits per heavy atom. The number of hydrogen-bond donors (Lipinski definition) is 1. The number of nitrogens with one attached hydrogen (secondary N) is 1. The van der Waals surface area contributed by atoms with Crippen LogP contribution < -0.4 is 10.1 Å². The lowest BCUT2D eigenvalue weighted by molar-refractivity contribution is -0.123. The zero-order valence-corrected chi connectivity index (χ0v) is 13.1. The molecule has 1 aromatic rings. The summed E-state index contributed by atoms with van der Waals surface area (Å²) in [6, 6.07) is 7.82. The van der Waals surface area contributed by atoms with Crippen molar-refractivity contribution >= 4 is 21.8 Å². The molecule has 0 radical (unpaired) electrons. The summed E-state index contributed by atoms with van der Waals surface area (Å²) in [5.41, 5.74) is 1.02. The number of halogens is 1. The maximum absolute atomic E-state index is 12.3. The molecule has 3 rings (SSSR count). The van der Waals surface area contributed by atoms with Gasteiger partial charge in [0.25, 0.3) is 0 Å². The molecule has 1 heterocycles. The number of para-hydroxylation sites is 1. The number of carbonyl (C=O) groups is 1. The number of fused-ring (bicyclic) bond motifs is 1. The molecule has 3 unspecified atom stereocenters. The van der Waals surface area contributed by atoms with E-state index in [1.54, 1.807) is 0 Å². The van der Waals surface area contributed by atoms with Crippen molar-refractivity contribution in [3.05, 3.63) is 29.8 Å². The highest BCUT2D eigenvalue weighted by Gasteiger charge is 2.30. The number of hydrogen-bond acceptors (Lipinski definition) is 2. The summed E-state index contributed by atoms with van der Waals surface area (Å²) in [6.07, 6.45) is 4.90. The second-order valence-corrected chi connectivity index (χ2v) is 7.07. The highest BCUT2D eigenvalue weighted by Crippen LogP contribution is 2.34. The third kappa shape index (κ3) is 3.00. The Hall–Kier alpha value is -1.03. The van der Waals surface area contributed by atoms with Crippen LogP contribution in [0.25, 0.3) is 0 Å². The molecular formula is C16H20BrNO2. The van der Waals surface area contributed by atoms with Gasteiger partial charge in [-0.15, -0.1) is 0 Å². The highest BCUT2D eigenvalue weighted by molar-refractivity contribution is 9.09. The van der Waals surface area contributed by atoms with Crippen LogP contribution in [0.5, 0.6) is 5.75 Å². The van der Waals surface area contributed by atoms with E-state index >= 15 is 0 Å². The first-order valence-corrected chi connectivity index (χ1v) is 8.29. The summed E-state index contributed by atoms with van der Waals surface area (Å²) in [5, 5.41) is 3.12. The van der Waals surface area contributed by atoms with Gasteiger partial charge < -0.3 is 10.1 Å². The first-order chi connectivity index (χ1) is 9.74. The summed E-state index contributed by atoms with van der Waals surface area (Å²) in [7, 11) is 0. The minimum Gasteiger partial charge on any atom is -0.492 e. The number of ether oxygens (including phenoxy) is 1. The average molecular weight is 338 g/mol. The largest absolute Gasteiger partial charge is 0.492 e. The van der Waals surface area contributed by atoms with Gasteiger partial charge in [-0.2, -0.15) is 0 Å². The molecule has 0 aromatic heterocycles. The molecule has 3 atom stereocenters. The molecule has 1 N–H and O–H groups in total. The molecule has 1 aliphatic heterocycles. The Balaban J connectivity index is 1.55. The van der Waals surface area contributed by atoms with Crippen molar-refractivity contribution in [2.24, 2.45) is 5.92 Å². The van der Waals surface area contributed by atoms with Gasteiger partial charge in [0.15, 0.2) is 0 Å². The molecule has 20 heavy (non-hydrogen) atoms. The predicted molar refractivity (Wildman–Crippen MR) is 82.4 cm³/mol. The van der Waals surface area contributed by atoms with Gasteiger partial charge in [0, 0.05) is 16.9 Å². The van der Waals surface area contributed by atoms with Crippen molar-refractivity contribution in [1.82, 2.24) is 5.32 Å². The van der Waals surface area contributed by atoms with Crippen molar-refractivity contribution < 1.29 is 9.53 Å². The maximum Gasteiger partial charge on any atom is 0.231 e. The monoisotopic (exact) mass is 337 g/mol. The van der Waals surface area contributed by atoms with E-state index in [1.807, 2.05) is 24.3 Å². The molecule has 0 spiro atoms. The Labute approximate surface area is 128 Å². The topological polar surface area (TPSA) is 38.3 Å². The van der Waals surface area contributed by atoms with E-state index in [2.05, 4.69) is 21.2 Å². The van der Waals surface area contributed by atoms with Gasteiger partial charge in [-0.05, 0) is 31.2 Å². The smallest absolute Gasteiger partial charge is 0.231 e. The number of amides is 1. The third-order valence-electron chi connectivity index (χ3n) is 4.30. The first kappa shape index (κ1) is 13.9. The Kier molecular flexibility index (Phi) is 4.29. The minimum absolute atomic E-state index is 0.103. The van der Waals surface area contributed by atoms with E-state index in [4.69, 9.17) is 4.74 Å². The van der Waals surface area contributed by atoms with E-state index < -0.39 is 0 Å². The summed E-state index contributed by atoms with van der Waals surface area (Å²) in [6.45, 7) is 1.26. The number of alkyl halides is 1. The molecule has 1 fully saturated rings. The van der Waals surface area contributed by atoms with Crippen LogP contribution in [0, 0.1) is 5.92 Å². The van der Waals surface area contributed by atoms with Crippen molar-refractivity contribution in [1.29, 1.82) is 0 Å². The van der Waals surface area contributed by atoms with Crippen molar-refractivity contribution in [3.8, 4) is 5.75 Å². The summed E-state index contributed by atoms with van der Waals surface area (Å²) < 4.78 is 5.57. The second-order valence-electron chi connectivity index (χ2n) is 5.78. The molecule has 0 saturated heterocycles. The van der Waals surface area contributed by atoms with E-state index in [0.29, 0.717) is 17.4 Å². The Morgan fingerprint density at radius 2 is 2.20 bits per heavy atom. The van der Waals surface area contributed by atoms with Crippen LogP contribution >= 0.6 is 15.9 Å². The van der Waals surface area contributed by atoms with E-state index in [0.717, 1.165) is 24.3 Å². The van der Waals surface area contributed by atoms with Gasteiger partial charge in [-0.3, -0.25) is 4.79 Å². The van der Waals surface area contributed by atoms with Gasteiger partial charge in [0.2, 0.25) is 5.91 Å². The SMILES string of the molecule is O=C(NCC1CCCC(Br)C1)C1COc2ccccc21. The second kappa shape index (κ2) is 6.17. The van der Waals surface area contributed by atoms with E-state index in [1.165, 1.54) is 19.3 Å². The zero-order chi connectivity index (χ0) is 13.9. The molecule has 1 aliphatic carbocycles. The summed E-state index contributed by atoms with van der Waals surface area (Å²) in [5.74, 6) is 1.42. The molecular weight excluding hydrogens is 318 g/mol. The van der Waals surface area contributed by atoms with Crippen LogP contribution in [0.4, 0.5) is 0 Å². The lowest BCUT2D eigenvalue weighted by atomic mass is 9.89. The van der Waals surface area contributed by atoms with Crippen LogP contribution in [0.1, 0.15) is 37.2 Å². The van der Waals surface area contributed by atoms with Gasteiger partial charge in [-0.1, -0.05) is 40.5 Å². The van der Waals surface area contributed by atoms with Crippen molar-refractivity contribution in [2.45, 2.75) is 36.4 Å². The molecule has 1 saturated carbocycles. The first-order valence-electron chi connectivity index (χ1n) is 7.37. The van der Waals surface area contributed by atoms with Crippen LogP contribution in [0.2, 0.25) is 0 Å². The molecule has 2 aliphatic rings. The van der Waals surface area contributed by atoms with Crippen LogP contribution in [-0.4, -0.2) is 23.9 Å². The fourth-order valence-electron chi connectivity index (χ4n) is 3.16. The van der Waals surface area contributed by atoms with Crippen LogP contribution in [-0.2, 0) is 4.79 Å². The maximum atomic E-state index is 12.3. The standard InChI is InChI=1S/C16H20BrNO2/c17-12-5-3-4-11(8-12)9-18-16(19)14-10-20-15-7-2-1-6-13(14)15/h1-2,6-7,11-12,14H,3-5,8-10H2,(H,18,19). The number of benzene rings is 1. The molecule has 4 heteroatoms. The fraction of sp³-hybridized carbons (Fsp3) is 0.562. The fourth-order valence-corrected chi connectivity index (χ4v) is 4.01. The molecule has 108 valence electrons. The average Bonchev–Trinajstić information content (AvgIpc) is 2.89. The van der Waals surface area contributed by atoms with E-state index in [9.17, 15) is 4.79 Å². The van der Waals surface area contributed by atoms with Crippen LogP contribution in [0.15, 0.2) is 24.3 Å². The minimum atomic E-state index is -0.144.